The highest BCUT2D eigenvalue weighted by Crippen LogP contribution is 2.36. The van der Waals surface area contributed by atoms with E-state index in [9.17, 15) is 5.11 Å². The fourth-order valence-corrected chi connectivity index (χ4v) is 1.99. The van der Waals surface area contributed by atoms with Crippen molar-refractivity contribution < 1.29 is 14.4 Å². The van der Waals surface area contributed by atoms with Gasteiger partial charge in [-0.05, 0) is 57.9 Å². The number of aliphatic hydroxyl groups is 1. The van der Waals surface area contributed by atoms with Gasteiger partial charge in [-0.2, -0.15) is 0 Å². The van der Waals surface area contributed by atoms with E-state index < -0.39 is 0 Å². The van der Waals surface area contributed by atoms with Gasteiger partial charge in [0.1, 0.15) is 0 Å². The zero-order valence-corrected chi connectivity index (χ0v) is 12.8. The fourth-order valence-electron chi connectivity index (χ4n) is 1.99. The predicted octanol–water partition coefficient (Wildman–Crippen LogP) is 2.53. The van der Waals surface area contributed by atoms with E-state index in [-0.39, 0.29) is 24.9 Å². The minimum absolute atomic E-state index is 0.0195. The van der Waals surface area contributed by atoms with E-state index in [4.69, 9.17) is 9.31 Å². The average molecular weight is 275 g/mol. The molecule has 20 heavy (non-hydrogen) atoms. The van der Waals surface area contributed by atoms with Crippen LogP contribution in [-0.2, 0) is 15.9 Å². The van der Waals surface area contributed by atoms with Gasteiger partial charge in [0, 0.05) is 6.20 Å². The number of aliphatic hydroxyl groups excluding tert-OH is 1. The normalized spacial score (nSPS) is 20.8. The summed E-state index contributed by atoms with van der Waals surface area (Å²) in [6, 6.07) is 1.87. The summed E-state index contributed by atoms with van der Waals surface area (Å²) in [4.78, 5) is 4.31. The van der Waals surface area contributed by atoms with Crippen LogP contribution in [0.5, 0.6) is 0 Å². The standard InChI is InChI=1S/C15H22BNO3/c1-11-9-17-13(8-12(11)10-18)6-7-16-19-14(2,3)15(4,5)20-16/h6-9,18H,10H2,1-5H3/b7-6+. The summed E-state index contributed by atoms with van der Waals surface area (Å²) in [5, 5.41) is 9.26. The fraction of sp³-hybridized carbons (Fsp3) is 0.533. The molecule has 0 unspecified atom stereocenters. The molecular weight excluding hydrogens is 253 g/mol. The van der Waals surface area contributed by atoms with Crippen LogP contribution in [0.15, 0.2) is 18.2 Å². The predicted molar refractivity (Wildman–Crippen MR) is 80.0 cm³/mol. The van der Waals surface area contributed by atoms with E-state index in [0.717, 1.165) is 16.8 Å². The first-order valence-electron chi connectivity index (χ1n) is 6.85. The van der Waals surface area contributed by atoms with Gasteiger partial charge in [0.05, 0.1) is 23.5 Å². The lowest BCUT2D eigenvalue weighted by Gasteiger charge is -2.32. The highest BCUT2D eigenvalue weighted by Gasteiger charge is 2.49. The van der Waals surface area contributed by atoms with Gasteiger partial charge in [-0.25, -0.2) is 0 Å². The summed E-state index contributed by atoms with van der Waals surface area (Å²) in [7, 11) is -0.374. The Kier molecular flexibility index (Phi) is 4.05. The zero-order valence-electron chi connectivity index (χ0n) is 12.8. The molecule has 0 bridgehead atoms. The van der Waals surface area contributed by atoms with Gasteiger partial charge in [-0.1, -0.05) is 5.98 Å². The van der Waals surface area contributed by atoms with Crippen LogP contribution in [0.3, 0.4) is 0 Å². The number of nitrogens with zero attached hydrogens (tertiary/aromatic N) is 1. The molecule has 0 amide bonds. The average Bonchev–Trinajstić information content (AvgIpc) is 2.57. The molecule has 2 heterocycles. The largest absolute Gasteiger partial charge is 0.487 e. The lowest BCUT2D eigenvalue weighted by molar-refractivity contribution is 0.00578. The molecule has 0 spiro atoms. The smallest absolute Gasteiger partial charge is 0.400 e. The van der Waals surface area contributed by atoms with Crippen LogP contribution in [0.1, 0.15) is 44.5 Å². The number of pyridine rings is 1. The maximum absolute atomic E-state index is 9.26. The highest BCUT2D eigenvalue weighted by molar-refractivity contribution is 6.52. The molecule has 0 aromatic carbocycles. The lowest BCUT2D eigenvalue weighted by atomic mass is 9.89. The molecule has 1 aromatic heterocycles. The molecule has 1 aromatic rings. The molecule has 0 saturated carbocycles. The number of hydrogen-bond acceptors (Lipinski definition) is 4. The van der Waals surface area contributed by atoms with Crippen molar-refractivity contribution in [3.8, 4) is 0 Å². The molecule has 2 rings (SSSR count). The number of aryl methyl sites for hydroxylation is 1. The van der Waals surface area contributed by atoms with Gasteiger partial charge in [0.15, 0.2) is 0 Å². The molecule has 1 aliphatic heterocycles. The lowest BCUT2D eigenvalue weighted by Crippen LogP contribution is -2.41. The minimum atomic E-state index is -0.374. The van der Waals surface area contributed by atoms with Gasteiger partial charge in [-0.3, -0.25) is 4.98 Å². The van der Waals surface area contributed by atoms with Crippen LogP contribution in [0.4, 0.5) is 0 Å². The second-order valence-electron chi connectivity index (χ2n) is 6.18. The summed E-state index contributed by atoms with van der Waals surface area (Å²) in [5.41, 5.74) is 1.99. The molecule has 1 N–H and O–H groups in total. The van der Waals surface area contributed by atoms with E-state index in [1.807, 2.05) is 52.7 Å². The molecule has 1 fully saturated rings. The molecule has 5 heteroatoms. The monoisotopic (exact) mass is 275 g/mol. The Balaban J connectivity index is 2.12. The second kappa shape index (κ2) is 5.32. The maximum atomic E-state index is 9.26. The van der Waals surface area contributed by atoms with E-state index in [2.05, 4.69) is 4.98 Å². The molecule has 4 nitrogen and oxygen atoms in total. The Labute approximate surface area is 121 Å². The summed E-state index contributed by atoms with van der Waals surface area (Å²) in [6.45, 7) is 10.0. The SMILES string of the molecule is Cc1cnc(/C=C/B2OC(C)(C)C(C)(C)O2)cc1CO. The Hall–Kier alpha value is -1.17. The molecule has 0 radical (unpaired) electrons. The van der Waals surface area contributed by atoms with E-state index in [1.165, 1.54) is 0 Å². The minimum Gasteiger partial charge on any atom is -0.400 e. The van der Waals surface area contributed by atoms with Crippen molar-refractivity contribution in [1.82, 2.24) is 4.98 Å². The van der Waals surface area contributed by atoms with Crippen LogP contribution in [0, 0.1) is 6.92 Å². The van der Waals surface area contributed by atoms with Crippen LogP contribution in [0.25, 0.3) is 6.08 Å². The van der Waals surface area contributed by atoms with Gasteiger partial charge in [-0.15, -0.1) is 0 Å². The third-order valence-electron chi connectivity index (χ3n) is 4.10. The quantitative estimate of drug-likeness (QED) is 0.861. The first-order chi connectivity index (χ1) is 9.25. The molecule has 108 valence electrons. The van der Waals surface area contributed by atoms with Crippen molar-refractivity contribution in [1.29, 1.82) is 0 Å². The Morgan fingerprint density at radius 3 is 2.40 bits per heavy atom. The summed E-state index contributed by atoms with van der Waals surface area (Å²) >= 11 is 0. The van der Waals surface area contributed by atoms with Gasteiger partial charge in [0.25, 0.3) is 0 Å². The van der Waals surface area contributed by atoms with Crippen molar-refractivity contribution in [2.24, 2.45) is 0 Å². The Bertz CT molecular complexity index is 510. The van der Waals surface area contributed by atoms with E-state index in [1.54, 1.807) is 6.20 Å². The molecule has 0 aliphatic carbocycles. The zero-order chi connectivity index (χ0) is 15.0. The highest BCUT2D eigenvalue weighted by atomic mass is 16.7. The van der Waals surface area contributed by atoms with Crippen molar-refractivity contribution >= 4 is 13.2 Å². The van der Waals surface area contributed by atoms with Crippen molar-refractivity contribution in [3.05, 3.63) is 35.1 Å². The van der Waals surface area contributed by atoms with Gasteiger partial charge >= 0.3 is 7.12 Å². The molecule has 0 atom stereocenters. The summed E-state index contributed by atoms with van der Waals surface area (Å²) in [5.74, 6) is 1.86. The van der Waals surface area contributed by atoms with Crippen molar-refractivity contribution in [2.45, 2.75) is 52.4 Å². The second-order valence-corrected chi connectivity index (χ2v) is 6.18. The number of rotatable bonds is 3. The Morgan fingerprint density at radius 2 is 1.85 bits per heavy atom. The number of aromatic nitrogens is 1. The third-order valence-corrected chi connectivity index (χ3v) is 4.10. The first-order valence-corrected chi connectivity index (χ1v) is 6.85. The topological polar surface area (TPSA) is 51.6 Å². The van der Waals surface area contributed by atoms with Crippen molar-refractivity contribution in [2.75, 3.05) is 0 Å². The summed E-state index contributed by atoms with van der Waals surface area (Å²) < 4.78 is 11.8. The molecule has 1 aliphatic rings. The van der Waals surface area contributed by atoms with Crippen molar-refractivity contribution in [3.63, 3.8) is 0 Å². The maximum Gasteiger partial charge on any atom is 0.487 e. The van der Waals surface area contributed by atoms with Crippen LogP contribution in [-0.4, -0.2) is 28.4 Å². The van der Waals surface area contributed by atoms with Gasteiger partial charge in [0.2, 0.25) is 0 Å². The van der Waals surface area contributed by atoms with Crippen LogP contribution in [0.2, 0.25) is 0 Å². The Morgan fingerprint density at radius 1 is 1.25 bits per heavy atom. The number of hydrogen-bond donors (Lipinski definition) is 1. The molecule has 1 saturated heterocycles. The van der Waals surface area contributed by atoms with E-state index >= 15 is 0 Å². The first kappa shape index (κ1) is 15.2. The third kappa shape index (κ3) is 2.95. The van der Waals surface area contributed by atoms with Gasteiger partial charge < -0.3 is 14.4 Å². The van der Waals surface area contributed by atoms with E-state index in [0.29, 0.717) is 0 Å². The molecular formula is C15H22BNO3. The van der Waals surface area contributed by atoms with Crippen LogP contribution < -0.4 is 0 Å². The summed E-state index contributed by atoms with van der Waals surface area (Å²) in [6.07, 6.45) is 3.62. The van der Waals surface area contributed by atoms with Crippen LogP contribution >= 0.6 is 0 Å².